The summed E-state index contributed by atoms with van der Waals surface area (Å²) in [5.74, 6) is -0.00536. The molecule has 2 aliphatic heterocycles. The molecular weight excluding hydrogens is 526 g/mol. The lowest BCUT2D eigenvalue weighted by Gasteiger charge is -2.26. The predicted octanol–water partition coefficient (Wildman–Crippen LogP) is 4.72. The van der Waals surface area contributed by atoms with Gasteiger partial charge in [-0.3, -0.25) is 24.0 Å². The molecule has 2 fully saturated rings. The Morgan fingerprint density at radius 3 is 2.68 bits per heavy atom. The van der Waals surface area contributed by atoms with Crippen molar-refractivity contribution in [1.29, 1.82) is 0 Å². The summed E-state index contributed by atoms with van der Waals surface area (Å²) in [5.41, 5.74) is 3.08. The van der Waals surface area contributed by atoms with Crippen molar-refractivity contribution in [2.45, 2.75) is 32.3 Å². The maximum atomic E-state index is 13.3. The molecule has 0 spiro atoms. The zero-order valence-corrected chi connectivity index (χ0v) is 22.8. The van der Waals surface area contributed by atoms with Crippen LogP contribution in [0.4, 0.5) is 10.5 Å². The average Bonchev–Trinajstić information content (AvgIpc) is 3.52. The van der Waals surface area contributed by atoms with Crippen LogP contribution in [-0.4, -0.2) is 66.8 Å². The Balaban J connectivity index is 1.24. The SMILES string of the molecule is Cc1cc(N2C[C@H](CCC(=O)c3ccc(Cl)s3)OC2=O)ccc1-n1cccc(CCN2CCOCC2)c1=O. The molecule has 2 saturated heterocycles. The number of ketones is 1. The molecule has 2 aliphatic rings. The summed E-state index contributed by atoms with van der Waals surface area (Å²) in [7, 11) is 0. The van der Waals surface area contributed by atoms with E-state index in [-0.39, 0.29) is 23.9 Å². The number of hydrogen-bond donors (Lipinski definition) is 0. The van der Waals surface area contributed by atoms with E-state index in [1.54, 1.807) is 27.8 Å². The number of carbonyl (C=O) groups excluding carboxylic acids is 2. The Bertz CT molecular complexity index is 1380. The van der Waals surface area contributed by atoms with Crippen molar-refractivity contribution in [3.05, 3.63) is 79.4 Å². The van der Waals surface area contributed by atoms with Gasteiger partial charge in [-0.2, -0.15) is 0 Å². The number of amides is 1. The van der Waals surface area contributed by atoms with Gasteiger partial charge in [0.1, 0.15) is 6.10 Å². The highest BCUT2D eigenvalue weighted by atomic mass is 35.5. The lowest BCUT2D eigenvalue weighted by molar-refractivity contribution is 0.0384. The molecule has 0 N–H and O–H groups in total. The molecule has 0 radical (unpaired) electrons. The van der Waals surface area contributed by atoms with Crippen LogP contribution in [0.25, 0.3) is 5.69 Å². The summed E-state index contributed by atoms with van der Waals surface area (Å²) >= 11 is 7.18. The zero-order valence-electron chi connectivity index (χ0n) is 21.2. The average molecular weight is 556 g/mol. The van der Waals surface area contributed by atoms with Crippen LogP contribution in [-0.2, 0) is 15.9 Å². The first-order valence-electron chi connectivity index (χ1n) is 12.8. The van der Waals surface area contributed by atoms with Gasteiger partial charge in [0.05, 0.1) is 34.7 Å². The smallest absolute Gasteiger partial charge is 0.414 e. The van der Waals surface area contributed by atoms with Gasteiger partial charge in [0.15, 0.2) is 5.78 Å². The molecule has 1 amide bonds. The molecule has 2 aromatic heterocycles. The second-order valence-electron chi connectivity index (χ2n) is 9.57. The van der Waals surface area contributed by atoms with E-state index in [4.69, 9.17) is 21.1 Å². The molecule has 1 atom stereocenters. The lowest BCUT2D eigenvalue weighted by atomic mass is 10.1. The van der Waals surface area contributed by atoms with Gasteiger partial charge in [0.25, 0.3) is 5.56 Å². The molecule has 4 heterocycles. The van der Waals surface area contributed by atoms with E-state index >= 15 is 0 Å². The fourth-order valence-electron chi connectivity index (χ4n) is 4.86. The van der Waals surface area contributed by atoms with Crippen molar-refractivity contribution in [2.75, 3.05) is 44.3 Å². The number of rotatable bonds is 9. The van der Waals surface area contributed by atoms with Crippen LogP contribution in [0.1, 0.15) is 33.6 Å². The van der Waals surface area contributed by atoms with E-state index in [2.05, 4.69) is 4.90 Å². The summed E-state index contributed by atoms with van der Waals surface area (Å²) in [6.45, 7) is 6.37. The topological polar surface area (TPSA) is 81.1 Å². The number of aromatic nitrogens is 1. The molecule has 0 aliphatic carbocycles. The number of thiophene rings is 1. The van der Waals surface area contributed by atoms with Gasteiger partial charge < -0.3 is 9.47 Å². The van der Waals surface area contributed by atoms with Crippen LogP contribution in [0.5, 0.6) is 0 Å². The maximum Gasteiger partial charge on any atom is 0.414 e. The van der Waals surface area contributed by atoms with E-state index in [9.17, 15) is 14.4 Å². The monoisotopic (exact) mass is 555 g/mol. The first-order valence-corrected chi connectivity index (χ1v) is 14.0. The molecule has 8 nitrogen and oxygen atoms in total. The molecule has 10 heteroatoms. The van der Waals surface area contributed by atoms with Crippen LogP contribution in [0.15, 0.2) is 53.5 Å². The van der Waals surface area contributed by atoms with Crippen molar-refractivity contribution >= 4 is 40.5 Å². The van der Waals surface area contributed by atoms with E-state index in [0.29, 0.717) is 34.3 Å². The molecule has 0 saturated carbocycles. The molecule has 0 bridgehead atoms. The van der Waals surface area contributed by atoms with Gasteiger partial charge in [-0.25, -0.2) is 4.79 Å². The molecule has 3 aromatic rings. The van der Waals surface area contributed by atoms with Crippen LogP contribution >= 0.6 is 22.9 Å². The number of nitrogens with zero attached hydrogens (tertiary/aromatic N) is 3. The summed E-state index contributed by atoms with van der Waals surface area (Å²) < 4.78 is 13.2. The van der Waals surface area contributed by atoms with Crippen molar-refractivity contribution in [2.24, 2.45) is 0 Å². The van der Waals surface area contributed by atoms with Gasteiger partial charge in [-0.05, 0) is 61.7 Å². The summed E-state index contributed by atoms with van der Waals surface area (Å²) in [5, 5.41) is 0. The summed E-state index contributed by atoms with van der Waals surface area (Å²) in [6.07, 6.45) is 2.38. The van der Waals surface area contributed by atoms with Gasteiger partial charge in [-0.15, -0.1) is 11.3 Å². The molecule has 200 valence electrons. The van der Waals surface area contributed by atoms with Gasteiger partial charge in [-0.1, -0.05) is 17.7 Å². The van der Waals surface area contributed by atoms with Crippen LogP contribution in [0.2, 0.25) is 4.34 Å². The predicted molar refractivity (Wildman–Crippen MR) is 148 cm³/mol. The van der Waals surface area contributed by atoms with Gasteiger partial charge in [0.2, 0.25) is 0 Å². The number of ether oxygens (including phenoxy) is 2. The lowest BCUT2D eigenvalue weighted by Crippen LogP contribution is -2.38. The Kier molecular flexibility index (Phi) is 8.28. The fourth-order valence-corrected chi connectivity index (χ4v) is 5.87. The number of pyridine rings is 1. The maximum absolute atomic E-state index is 13.3. The number of hydrogen-bond acceptors (Lipinski definition) is 7. The Labute approximate surface area is 230 Å². The Morgan fingerprint density at radius 2 is 1.95 bits per heavy atom. The first-order chi connectivity index (χ1) is 18.4. The highest BCUT2D eigenvalue weighted by Crippen LogP contribution is 2.28. The Morgan fingerprint density at radius 1 is 1.13 bits per heavy atom. The zero-order chi connectivity index (χ0) is 26.6. The number of benzene rings is 1. The quantitative estimate of drug-likeness (QED) is 0.355. The van der Waals surface area contributed by atoms with Gasteiger partial charge in [0, 0.05) is 43.5 Å². The number of aryl methyl sites for hydroxylation is 1. The third-order valence-electron chi connectivity index (χ3n) is 6.99. The fraction of sp³-hybridized carbons (Fsp3) is 0.393. The largest absolute Gasteiger partial charge is 0.444 e. The van der Waals surface area contributed by atoms with E-state index in [1.165, 1.54) is 11.3 Å². The third-order valence-corrected chi connectivity index (χ3v) is 8.27. The second-order valence-corrected chi connectivity index (χ2v) is 11.3. The minimum absolute atomic E-state index is 0.00536. The van der Waals surface area contributed by atoms with E-state index in [1.807, 2.05) is 37.3 Å². The molecule has 5 rings (SSSR count). The molecule has 1 aromatic carbocycles. The van der Waals surface area contributed by atoms with Crippen LogP contribution in [0, 0.1) is 6.92 Å². The number of Topliss-reactive ketones (excluding diaryl/α,β-unsaturated/α-hetero) is 1. The van der Waals surface area contributed by atoms with Crippen molar-refractivity contribution < 1.29 is 19.1 Å². The van der Waals surface area contributed by atoms with Crippen LogP contribution in [0.3, 0.4) is 0 Å². The summed E-state index contributed by atoms with van der Waals surface area (Å²) in [4.78, 5) is 42.8. The van der Waals surface area contributed by atoms with E-state index in [0.717, 1.165) is 49.7 Å². The molecular formula is C28H30ClN3O5S. The van der Waals surface area contributed by atoms with Gasteiger partial charge >= 0.3 is 6.09 Å². The highest BCUT2D eigenvalue weighted by Gasteiger charge is 2.33. The third kappa shape index (κ3) is 6.02. The number of cyclic esters (lactones) is 1. The minimum atomic E-state index is -0.434. The summed E-state index contributed by atoms with van der Waals surface area (Å²) in [6, 6.07) is 12.8. The second kappa shape index (κ2) is 11.8. The minimum Gasteiger partial charge on any atom is -0.444 e. The van der Waals surface area contributed by atoms with Crippen molar-refractivity contribution in [3.63, 3.8) is 0 Å². The molecule has 38 heavy (non-hydrogen) atoms. The number of anilines is 1. The van der Waals surface area contributed by atoms with Crippen molar-refractivity contribution in [1.82, 2.24) is 9.47 Å². The normalized spacial score (nSPS) is 18.1. The number of halogens is 1. The number of carbonyl (C=O) groups is 2. The Hall–Kier alpha value is -2.98. The first kappa shape index (κ1) is 26.6. The highest BCUT2D eigenvalue weighted by molar-refractivity contribution is 7.18. The van der Waals surface area contributed by atoms with Crippen molar-refractivity contribution in [3.8, 4) is 5.69 Å². The standard InChI is InChI=1S/C28H30ClN3O5S/c1-19-17-21(32-18-22(37-28(32)35)5-7-24(33)25-8-9-26(29)38-25)4-6-23(19)31-11-2-3-20(27(31)34)10-12-30-13-15-36-16-14-30/h2-4,6,8-9,11,17,22H,5,7,10,12-16,18H2,1H3/t22-/m0/s1. The number of morpholine rings is 1. The van der Waals surface area contributed by atoms with Crippen LogP contribution < -0.4 is 10.5 Å². The molecule has 0 unspecified atom stereocenters. The van der Waals surface area contributed by atoms with E-state index < -0.39 is 6.09 Å².